The minimum atomic E-state index is -0.495. The van der Waals surface area contributed by atoms with Gasteiger partial charge in [-0.15, -0.1) is 0 Å². The number of ether oxygens (including phenoxy) is 1. The van der Waals surface area contributed by atoms with Crippen molar-refractivity contribution < 1.29 is 9.66 Å². The molecule has 2 aromatic rings. The van der Waals surface area contributed by atoms with Crippen LogP contribution in [-0.2, 0) is 0 Å². The zero-order chi connectivity index (χ0) is 12.3. The van der Waals surface area contributed by atoms with Crippen LogP contribution < -0.4 is 4.74 Å². The van der Waals surface area contributed by atoms with Crippen LogP contribution in [0.2, 0.25) is 0 Å². The van der Waals surface area contributed by atoms with Crippen molar-refractivity contribution in [1.82, 2.24) is 9.55 Å². The van der Waals surface area contributed by atoms with Crippen molar-refractivity contribution in [1.29, 1.82) is 5.41 Å². The molecule has 17 heavy (non-hydrogen) atoms. The summed E-state index contributed by atoms with van der Waals surface area (Å²) in [6.07, 6.45) is 4.51. The summed E-state index contributed by atoms with van der Waals surface area (Å²) in [5.41, 5.74) is -0.0217. The molecule has 7 heteroatoms. The fourth-order valence-corrected chi connectivity index (χ4v) is 1.18. The van der Waals surface area contributed by atoms with Crippen molar-refractivity contribution in [2.24, 2.45) is 0 Å². The summed E-state index contributed by atoms with van der Waals surface area (Å²) >= 11 is 0. The Morgan fingerprint density at radius 3 is 2.65 bits per heavy atom. The summed E-state index contributed by atoms with van der Waals surface area (Å²) in [6, 6.07) is 5.37. The van der Waals surface area contributed by atoms with Gasteiger partial charge in [-0.25, -0.2) is 4.98 Å². The zero-order valence-corrected chi connectivity index (χ0v) is 8.61. The van der Waals surface area contributed by atoms with Gasteiger partial charge < -0.3 is 4.74 Å². The van der Waals surface area contributed by atoms with Gasteiger partial charge in [-0.1, -0.05) is 0 Å². The molecule has 0 aliphatic carbocycles. The molecule has 0 amide bonds. The van der Waals surface area contributed by atoms with Gasteiger partial charge in [-0.2, -0.15) is 0 Å². The van der Waals surface area contributed by atoms with E-state index in [9.17, 15) is 10.1 Å². The molecule has 1 aromatic heterocycles. The summed E-state index contributed by atoms with van der Waals surface area (Å²) in [7, 11) is 0. The first-order valence-corrected chi connectivity index (χ1v) is 4.66. The molecule has 0 fully saturated rings. The van der Waals surface area contributed by atoms with Crippen molar-refractivity contribution in [2.45, 2.75) is 0 Å². The van der Waals surface area contributed by atoms with E-state index in [1.165, 1.54) is 41.4 Å². The third-order valence-electron chi connectivity index (χ3n) is 2.00. The quantitative estimate of drug-likeness (QED) is 0.368. The molecule has 1 N–H and O–H groups in total. The Morgan fingerprint density at radius 1 is 1.41 bits per heavy atom. The Bertz CT molecular complexity index is 533. The Labute approximate surface area is 95.9 Å². The number of benzene rings is 1. The summed E-state index contributed by atoms with van der Waals surface area (Å²) in [5.74, 6) is 0.356. The van der Waals surface area contributed by atoms with Gasteiger partial charge in [0.25, 0.3) is 11.7 Å². The van der Waals surface area contributed by atoms with E-state index in [0.29, 0.717) is 5.75 Å². The molecule has 0 radical (unpaired) electrons. The summed E-state index contributed by atoms with van der Waals surface area (Å²) in [4.78, 5) is 13.7. The number of hydrogen-bond acceptors (Lipinski definition) is 5. The Morgan fingerprint density at radius 2 is 2.12 bits per heavy atom. The van der Waals surface area contributed by atoms with Crippen LogP contribution in [0.5, 0.6) is 5.75 Å². The number of imidazole rings is 1. The van der Waals surface area contributed by atoms with E-state index in [0.717, 1.165) is 0 Å². The predicted molar refractivity (Wildman–Crippen MR) is 59.1 cm³/mol. The van der Waals surface area contributed by atoms with Crippen molar-refractivity contribution >= 4 is 11.7 Å². The predicted octanol–water partition coefficient (Wildman–Crippen LogP) is 1.65. The molecule has 0 bridgehead atoms. The molecule has 0 spiro atoms. The molecule has 0 aliphatic rings. The largest absolute Gasteiger partial charge is 0.426 e. The van der Waals surface area contributed by atoms with Gasteiger partial charge >= 0.3 is 0 Å². The first-order valence-electron chi connectivity index (χ1n) is 4.66. The lowest BCUT2D eigenvalue weighted by Gasteiger charge is -2.06. The van der Waals surface area contributed by atoms with Crippen molar-refractivity contribution in [3.8, 4) is 5.75 Å². The molecule has 1 heterocycles. The maximum absolute atomic E-state index is 10.4. The SMILES string of the molecule is N=C(Oc1ccc([N+](=O)[O-])cc1)n1ccnc1. The fourth-order valence-electron chi connectivity index (χ4n) is 1.18. The third-order valence-corrected chi connectivity index (χ3v) is 2.00. The van der Waals surface area contributed by atoms with Crippen LogP contribution >= 0.6 is 0 Å². The lowest BCUT2D eigenvalue weighted by atomic mass is 10.3. The van der Waals surface area contributed by atoms with Crippen molar-refractivity contribution in [3.05, 3.63) is 53.1 Å². The van der Waals surface area contributed by atoms with Crippen LogP contribution in [0.15, 0.2) is 43.0 Å². The number of nitrogens with zero attached hydrogens (tertiary/aromatic N) is 3. The first kappa shape index (κ1) is 10.8. The first-order chi connectivity index (χ1) is 8.16. The second kappa shape index (κ2) is 4.44. The normalized spacial score (nSPS) is 9.88. The van der Waals surface area contributed by atoms with Crippen LogP contribution in [0.4, 0.5) is 5.69 Å². The van der Waals surface area contributed by atoms with E-state index in [4.69, 9.17) is 10.1 Å². The fraction of sp³-hybridized carbons (Fsp3) is 0. The van der Waals surface area contributed by atoms with Gasteiger partial charge in [-0.05, 0) is 12.1 Å². The highest BCUT2D eigenvalue weighted by molar-refractivity contribution is 5.75. The van der Waals surface area contributed by atoms with E-state index >= 15 is 0 Å². The van der Waals surface area contributed by atoms with Gasteiger partial charge in [0.2, 0.25) is 0 Å². The number of nitrogens with one attached hydrogen (secondary N) is 1. The number of hydrogen-bond donors (Lipinski definition) is 1. The Balaban J connectivity index is 2.09. The third kappa shape index (κ3) is 2.46. The minimum absolute atomic E-state index is 0.0217. The Hall–Kier alpha value is -2.70. The molecule has 7 nitrogen and oxygen atoms in total. The summed E-state index contributed by atoms with van der Waals surface area (Å²) in [6.45, 7) is 0. The molecular weight excluding hydrogens is 224 g/mol. The maximum atomic E-state index is 10.4. The standard InChI is InChI=1S/C10H8N4O3/c11-10(13-6-5-12-7-13)17-9-3-1-8(2-4-9)14(15)16/h1-7,11H. The van der Waals surface area contributed by atoms with Gasteiger partial charge in [0, 0.05) is 24.5 Å². The highest BCUT2D eigenvalue weighted by Gasteiger charge is 2.06. The van der Waals surface area contributed by atoms with Crippen LogP contribution in [0.1, 0.15) is 0 Å². The van der Waals surface area contributed by atoms with Crippen LogP contribution in [0.3, 0.4) is 0 Å². The van der Waals surface area contributed by atoms with E-state index < -0.39 is 4.92 Å². The van der Waals surface area contributed by atoms with E-state index in [-0.39, 0.29) is 11.7 Å². The highest BCUT2D eigenvalue weighted by atomic mass is 16.6. The molecule has 0 aliphatic heterocycles. The monoisotopic (exact) mass is 232 g/mol. The number of non-ortho nitro benzene ring substituents is 1. The molecule has 0 atom stereocenters. The van der Waals surface area contributed by atoms with Crippen LogP contribution in [-0.4, -0.2) is 20.5 Å². The molecule has 1 aromatic carbocycles. The topological polar surface area (TPSA) is 94.0 Å². The Kier molecular flexibility index (Phi) is 2.82. The molecule has 0 unspecified atom stereocenters. The van der Waals surface area contributed by atoms with E-state index in [2.05, 4.69) is 4.98 Å². The highest BCUT2D eigenvalue weighted by Crippen LogP contribution is 2.17. The number of aromatic nitrogens is 2. The molecule has 0 saturated carbocycles. The van der Waals surface area contributed by atoms with Crippen LogP contribution in [0, 0.1) is 15.5 Å². The van der Waals surface area contributed by atoms with Crippen LogP contribution in [0.25, 0.3) is 0 Å². The molecular formula is C10H8N4O3. The second-order valence-corrected chi connectivity index (χ2v) is 3.13. The smallest absolute Gasteiger partial charge is 0.299 e. The van der Waals surface area contributed by atoms with Gasteiger partial charge in [0.15, 0.2) is 0 Å². The average Bonchev–Trinajstić information content (AvgIpc) is 2.83. The lowest BCUT2D eigenvalue weighted by Crippen LogP contribution is -2.15. The molecule has 0 saturated heterocycles. The number of nitro benzene ring substituents is 1. The van der Waals surface area contributed by atoms with E-state index in [1.54, 1.807) is 6.20 Å². The molecule has 86 valence electrons. The van der Waals surface area contributed by atoms with E-state index in [1.807, 2.05) is 0 Å². The number of rotatable bonds is 2. The molecule has 2 rings (SSSR count). The number of nitro groups is 1. The minimum Gasteiger partial charge on any atom is -0.426 e. The maximum Gasteiger partial charge on any atom is 0.299 e. The summed E-state index contributed by atoms with van der Waals surface area (Å²) < 4.78 is 6.55. The van der Waals surface area contributed by atoms with Gasteiger partial charge in [0.1, 0.15) is 12.1 Å². The van der Waals surface area contributed by atoms with Crippen molar-refractivity contribution in [3.63, 3.8) is 0 Å². The van der Waals surface area contributed by atoms with Gasteiger partial charge in [-0.3, -0.25) is 20.1 Å². The second-order valence-electron chi connectivity index (χ2n) is 3.13. The van der Waals surface area contributed by atoms with Gasteiger partial charge in [0.05, 0.1) is 4.92 Å². The van der Waals surface area contributed by atoms with Crippen molar-refractivity contribution in [2.75, 3.05) is 0 Å². The lowest BCUT2D eigenvalue weighted by molar-refractivity contribution is -0.384. The summed E-state index contributed by atoms with van der Waals surface area (Å²) in [5, 5.41) is 18.0. The zero-order valence-electron chi connectivity index (χ0n) is 8.61. The average molecular weight is 232 g/mol.